The first-order chi connectivity index (χ1) is 13.7. The Labute approximate surface area is 165 Å². The van der Waals surface area contributed by atoms with E-state index in [0.29, 0.717) is 23.0 Å². The molecule has 0 amide bonds. The van der Waals surface area contributed by atoms with Crippen molar-refractivity contribution in [1.82, 2.24) is 10.2 Å². The second kappa shape index (κ2) is 8.22. The molecule has 140 valence electrons. The molecular weight excluding hydrogens is 374 g/mol. The van der Waals surface area contributed by atoms with Gasteiger partial charge >= 0.3 is 11.6 Å². The largest absolute Gasteiger partial charge is 0.423 e. The Kier molecular flexibility index (Phi) is 5.34. The first-order valence-corrected chi connectivity index (χ1v) is 9.85. The average Bonchev–Trinajstić information content (AvgIpc) is 3.14. The second-order valence-corrected chi connectivity index (χ2v) is 7.22. The summed E-state index contributed by atoms with van der Waals surface area (Å²) in [5, 5.41) is 8.90. The molecule has 0 spiro atoms. The number of aliphatic imine (C=N–C) groups is 1. The predicted molar refractivity (Wildman–Crippen MR) is 110 cm³/mol. The number of rotatable bonds is 6. The van der Waals surface area contributed by atoms with Crippen LogP contribution < -0.4 is 5.63 Å². The lowest BCUT2D eigenvalue weighted by molar-refractivity contribution is 0.525. The van der Waals surface area contributed by atoms with Gasteiger partial charge in [0.2, 0.25) is 5.89 Å². The Hall–Kier alpha value is -3.19. The van der Waals surface area contributed by atoms with Gasteiger partial charge in [0.25, 0.3) is 0 Å². The van der Waals surface area contributed by atoms with Crippen LogP contribution in [0, 0.1) is 6.92 Å². The van der Waals surface area contributed by atoms with Crippen LogP contribution in [0.15, 0.2) is 73.2 Å². The molecule has 0 unspecified atom stereocenters. The summed E-state index contributed by atoms with van der Waals surface area (Å²) in [6.45, 7) is 1.97. The van der Waals surface area contributed by atoms with Crippen molar-refractivity contribution in [2.75, 3.05) is 0 Å². The maximum atomic E-state index is 11.8. The van der Waals surface area contributed by atoms with Gasteiger partial charge in [-0.25, -0.2) is 9.79 Å². The number of nitrogens with zero attached hydrogens (tertiary/aromatic N) is 3. The fourth-order valence-electron chi connectivity index (χ4n) is 2.73. The first-order valence-electron chi connectivity index (χ1n) is 8.70. The molecule has 4 aromatic rings. The maximum absolute atomic E-state index is 11.8. The van der Waals surface area contributed by atoms with E-state index in [1.807, 2.05) is 55.5 Å². The SMILES string of the molecule is Cc1ccc2c(CSCc3nnc(/N=C/c4ccccc4)o3)cc(=O)oc2c1. The van der Waals surface area contributed by atoms with E-state index in [9.17, 15) is 4.79 Å². The third kappa shape index (κ3) is 4.37. The summed E-state index contributed by atoms with van der Waals surface area (Å²) in [5.41, 5.74) is 3.21. The van der Waals surface area contributed by atoms with Crippen molar-refractivity contribution in [2.24, 2.45) is 4.99 Å². The van der Waals surface area contributed by atoms with Gasteiger partial charge in [-0.2, -0.15) is 0 Å². The zero-order valence-corrected chi connectivity index (χ0v) is 16.0. The van der Waals surface area contributed by atoms with Crippen LogP contribution in [0.4, 0.5) is 6.01 Å². The summed E-state index contributed by atoms with van der Waals surface area (Å²) in [5.74, 6) is 1.66. The van der Waals surface area contributed by atoms with Gasteiger partial charge < -0.3 is 8.83 Å². The van der Waals surface area contributed by atoms with E-state index in [1.54, 1.807) is 18.0 Å². The van der Waals surface area contributed by atoms with Crippen molar-refractivity contribution in [3.63, 3.8) is 0 Å². The van der Waals surface area contributed by atoms with Crippen molar-refractivity contribution < 1.29 is 8.83 Å². The van der Waals surface area contributed by atoms with Gasteiger partial charge in [0.1, 0.15) is 5.58 Å². The number of benzene rings is 2. The van der Waals surface area contributed by atoms with Gasteiger partial charge in [-0.3, -0.25) is 0 Å². The number of aromatic nitrogens is 2. The number of hydrogen-bond acceptors (Lipinski definition) is 7. The molecule has 0 aliphatic heterocycles. The minimum absolute atomic E-state index is 0.223. The van der Waals surface area contributed by atoms with Crippen LogP contribution in [0.2, 0.25) is 0 Å². The molecule has 7 heteroatoms. The first kappa shape index (κ1) is 18.2. The van der Waals surface area contributed by atoms with Crippen molar-refractivity contribution in [3.05, 3.63) is 87.6 Å². The van der Waals surface area contributed by atoms with Gasteiger partial charge in [-0.15, -0.1) is 16.9 Å². The minimum atomic E-state index is -0.343. The molecule has 0 saturated carbocycles. The molecular formula is C21H17N3O3S. The fourth-order valence-corrected chi connectivity index (χ4v) is 3.58. The van der Waals surface area contributed by atoms with Crippen LogP contribution in [0.5, 0.6) is 0 Å². The highest BCUT2D eigenvalue weighted by Crippen LogP contribution is 2.24. The van der Waals surface area contributed by atoms with Gasteiger partial charge in [-0.05, 0) is 29.7 Å². The van der Waals surface area contributed by atoms with Gasteiger partial charge in [0.05, 0.1) is 5.75 Å². The van der Waals surface area contributed by atoms with Crippen LogP contribution in [0.25, 0.3) is 11.0 Å². The lowest BCUT2D eigenvalue weighted by Crippen LogP contribution is -2.00. The third-order valence-corrected chi connectivity index (χ3v) is 5.01. The standard InChI is InChI=1S/C21H17N3O3S/c1-14-7-8-17-16(10-20(25)26-18(17)9-14)12-28-13-19-23-24-21(27-19)22-11-15-5-3-2-4-6-15/h2-11H,12-13H2,1H3/b22-11+. The summed E-state index contributed by atoms with van der Waals surface area (Å²) in [6.07, 6.45) is 1.68. The molecule has 2 aromatic heterocycles. The lowest BCUT2D eigenvalue weighted by atomic mass is 10.1. The van der Waals surface area contributed by atoms with E-state index in [-0.39, 0.29) is 11.6 Å². The Morgan fingerprint density at radius 1 is 1.04 bits per heavy atom. The number of thioether (sulfide) groups is 1. The highest BCUT2D eigenvalue weighted by atomic mass is 32.2. The van der Waals surface area contributed by atoms with Gasteiger partial charge in [0.15, 0.2) is 0 Å². The minimum Gasteiger partial charge on any atom is -0.423 e. The predicted octanol–water partition coefficient (Wildman–Crippen LogP) is 4.67. The van der Waals surface area contributed by atoms with E-state index in [2.05, 4.69) is 15.2 Å². The molecule has 0 aliphatic carbocycles. The zero-order valence-electron chi connectivity index (χ0n) is 15.2. The van der Waals surface area contributed by atoms with Crippen LogP contribution in [-0.2, 0) is 11.5 Å². The normalized spacial score (nSPS) is 11.5. The molecule has 0 saturated heterocycles. The molecule has 4 rings (SSSR count). The molecule has 2 aromatic carbocycles. The molecule has 6 nitrogen and oxygen atoms in total. The molecule has 28 heavy (non-hydrogen) atoms. The molecule has 0 bridgehead atoms. The van der Waals surface area contributed by atoms with Gasteiger partial charge in [0, 0.05) is 23.4 Å². The highest BCUT2D eigenvalue weighted by molar-refractivity contribution is 7.97. The summed E-state index contributed by atoms with van der Waals surface area (Å²) in [4.78, 5) is 16.0. The van der Waals surface area contributed by atoms with Crippen LogP contribution in [-0.4, -0.2) is 16.4 Å². The highest BCUT2D eigenvalue weighted by Gasteiger charge is 2.09. The Morgan fingerprint density at radius 2 is 1.89 bits per heavy atom. The van der Waals surface area contributed by atoms with Crippen LogP contribution in [0.3, 0.4) is 0 Å². The Morgan fingerprint density at radius 3 is 2.75 bits per heavy atom. The second-order valence-electron chi connectivity index (χ2n) is 6.23. The smallest absolute Gasteiger partial charge is 0.342 e. The van der Waals surface area contributed by atoms with Crippen LogP contribution >= 0.6 is 11.8 Å². The Balaban J connectivity index is 1.41. The van der Waals surface area contributed by atoms with E-state index in [0.717, 1.165) is 22.1 Å². The summed E-state index contributed by atoms with van der Waals surface area (Å²) >= 11 is 1.59. The number of hydrogen-bond donors (Lipinski definition) is 0. The van der Waals surface area contributed by atoms with Crippen LogP contribution in [0.1, 0.15) is 22.6 Å². The average molecular weight is 391 g/mol. The van der Waals surface area contributed by atoms with Crippen molar-refractivity contribution >= 4 is 35.0 Å². The lowest BCUT2D eigenvalue weighted by Gasteiger charge is -2.05. The monoisotopic (exact) mass is 391 g/mol. The van der Waals surface area contributed by atoms with E-state index >= 15 is 0 Å². The third-order valence-electron chi connectivity index (χ3n) is 4.05. The van der Waals surface area contributed by atoms with Crippen molar-refractivity contribution in [2.45, 2.75) is 18.4 Å². The van der Waals surface area contributed by atoms with Crippen molar-refractivity contribution in [1.29, 1.82) is 0 Å². The van der Waals surface area contributed by atoms with E-state index in [4.69, 9.17) is 8.83 Å². The summed E-state index contributed by atoms with van der Waals surface area (Å²) in [6, 6.07) is 17.3. The maximum Gasteiger partial charge on any atom is 0.342 e. The molecule has 0 atom stereocenters. The van der Waals surface area contributed by atoms with E-state index in [1.165, 1.54) is 6.07 Å². The quantitative estimate of drug-likeness (QED) is 0.351. The Bertz CT molecular complexity index is 1180. The van der Waals surface area contributed by atoms with Gasteiger partial charge in [-0.1, -0.05) is 47.6 Å². The summed E-state index contributed by atoms with van der Waals surface area (Å²) < 4.78 is 10.8. The topological polar surface area (TPSA) is 81.5 Å². The molecule has 0 radical (unpaired) electrons. The fraction of sp³-hybridized carbons (Fsp3) is 0.143. The molecule has 0 aliphatic rings. The molecule has 0 N–H and O–H groups in total. The summed E-state index contributed by atoms with van der Waals surface area (Å²) in [7, 11) is 0. The number of fused-ring (bicyclic) bond motifs is 1. The van der Waals surface area contributed by atoms with Crippen molar-refractivity contribution in [3.8, 4) is 0 Å². The molecule has 2 heterocycles. The van der Waals surface area contributed by atoms with E-state index < -0.39 is 0 Å². The zero-order chi connectivity index (χ0) is 19.3. The number of aryl methyl sites for hydroxylation is 1. The molecule has 0 fully saturated rings.